The maximum Gasteiger partial charge on any atom is 0.250 e. The zero-order valence-corrected chi connectivity index (χ0v) is 16.7. The van der Waals surface area contributed by atoms with Gasteiger partial charge in [0.05, 0.1) is 52.0 Å². The second-order valence-electron chi connectivity index (χ2n) is 7.04. The molecule has 1 aliphatic rings. The lowest BCUT2D eigenvalue weighted by atomic mass is 9.92. The number of fused-ring (bicyclic) bond motifs is 1. The summed E-state index contributed by atoms with van der Waals surface area (Å²) >= 11 is 1.49. The molecule has 0 aromatic carbocycles. The standard InChI is InChI=1S/C20H24N4O3S/c1-26-8-9-27-14-4-2-13(3-5-14)24-7-6-16-19(24)15(20(21)25)10-17(23-16)18-11-22-12-28-18/h6-7,10-14H,2-5,8-9H2,1H3,(H2,21,25). The lowest BCUT2D eigenvalue weighted by Gasteiger charge is -2.30. The van der Waals surface area contributed by atoms with E-state index in [9.17, 15) is 4.79 Å². The highest BCUT2D eigenvalue weighted by molar-refractivity contribution is 7.13. The number of hydrogen-bond donors (Lipinski definition) is 1. The van der Waals surface area contributed by atoms with Crippen LogP contribution in [0, 0.1) is 0 Å². The maximum atomic E-state index is 12.2. The molecular weight excluding hydrogens is 376 g/mol. The Balaban J connectivity index is 1.60. The number of primary amides is 1. The number of nitrogens with zero attached hydrogens (tertiary/aromatic N) is 3. The number of carbonyl (C=O) groups is 1. The van der Waals surface area contributed by atoms with Gasteiger partial charge < -0.3 is 19.8 Å². The molecular formula is C20H24N4O3S. The van der Waals surface area contributed by atoms with Gasteiger partial charge in [-0.05, 0) is 37.8 Å². The van der Waals surface area contributed by atoms with Gasteiger partial charge in [0, 0.05) is 25.5 Å². The van der Waals surface area contributed by atoms with Crippen molar-refractivity contribution >= 4 is 28.3 Å². The Morgan fingerprint density at radius 1 is 1.32 bits per heavy atom. The number of thiazole rings is 1. The summed E-state index contributed by atoms with van der Waals surface area (Å²) in [4.78, 5) is 22.0. The van der Waals surface area contributed by atoms with Crippen LogP contribution in [0.1, 0.15) is 42.1 Å². The van der Waals surface area contributed by atoms with Gasteiger partial charge in [-0.25, -0.2) is 4.98 Å². The summed E-state index contributed by atoms with van der Waals surface area (Å²) < 4.78 is 13.1. The summed E-state index contributed by atoms with van der Waals surface area (Å²) in [6.07, 6.45) is 8.04. The molecule has 0 saturated heterocycles. The number of nitrogens with two attached hydrogens (primary N) is 1. The molecule has 0 radical (unpaired) electrons. The average molecular weight is 401 g/mol. The molecule has 1 amide bonds. The minimum absolute atomic E-state index is 0.278. The number of carbonyl (C=O) groups excluding carboxylic acids is 1. The van der Waals surface area contributed by atoms with Crippen LogP contribution in [-0.2, 0) is 9.47 Å². The molecule has 0 atom stereocenters. The van der Waals surface area contributed by atoms with Crippen LogP contribution in [0.5, 0.6) is 0 Å². The van der Waals surface area contributed by atoms with Crippen LogP contribution in [0.25, 0.3) is 21.6 Å². The number of amides is 1. The van der Waals surface area contributed by atoms with Gasteiger partial charge in [0.1, 0.15) is 0 Å². The molecule has 4 rings (SSSR count). The average Bonchev–Trinajstić information content (AvgIpc) is 3.38. The summed E-state index contributed by atoms with van der Waals surface area (Å²) in [5.74, 6) is -0.435. The third-order valence-corrected chi connectivity index (χ3v) is 6.09. The van der Waals surface area contributed by atoms with Crippen molar-refractivity contribution in [2.24, 2.45) is 5.73 Å². The molecule has 7 nitrogen and oxygen atoms in total. The van der Waals surface area contributed by atoms with Crippen LogP contribution in [0.3, 0.4) is 0 Å². The number of ether oxygens (including phenoxy) is 2. The van der Waals surface area contributed by atoms with E-state index < -0.39 is 5.91 Å². The van der Waals surface area contributed by atoms with Crippen LogP contribution in [0.4, 0.5) is 0 Å². The number of rotatable bonds is 7. The molecule has 1 saturated carbocycles. The fourth-order valence-electron chi connectivity index (χ4n) is 3.92. The van der Waals surface area contributed by atoms with E-state index in [1.54, 1.807) is 24.9 Å². The molecule has 1 aliphatic carbocycles. The Morgan fingerprint density at radius 2 is 2.14 bits per heavy atom. The first-order chi connectivity index (χ1) is 13.7. The summed E-state index contributed by atoms with van der Waals surface area (Å²) in [7, 11) is 1.68. The van der Waals surface area contributed by atoms with Gasteiger partial charge in [0.2, 0.25) is 0 Å². The van der Waals surface area contributed by atoms with Gasteiger partial charge in [0.25, 0.3) is 5.91 Å². The number of aromatic nitrogens is 3. The smallest absolute Gasteiger partial charge is 0.250 e. The molecule has 3 aromatic rings. The molecule has 1 fully saturated rings. The molecule has 0 bridgehead atoms. The van der Waals surface area contributed by atoms with Crippen LogP contribution >= 0.6 is 11.3 Å². The Labute approximate surface area is 167 Å². The highest BCUT2D eigenvalue weighted by atomic mass is 32.1. The van der Waals surface area contributed by atoms with E-state index >= 15 is 0 Å². The molecule has 3 aromatic heterocycles. The third kappa shape index (κ3) is 3.80. The Morgan fingerprint density at radius 3 is 2.82 bits per heavy atom. The van der Waals surface area contributed by atoms with E-state index in [2.05, 4.69) is 9.55 Å². The van der Waals surface area contributed by atoms with Gasteiger partial charge in [-0.3, -0.25) is 9.78 Å². The fraction of sp³-hybridized carbons (Fsp3) is 0.450. The van der Waals surface area contributed by atoms with Crippen molar-refractivity contribution in [3.8, 4) is 10.6 Å². The minimum atomic E-state index is -0.435. The van der Waals surface area contributed by atoms with Crippen LogP contribution in [-0.4, -0.2) is 46.9 Å². The predicted molar refractivity (Wildman–Crippen MR) is 108 cm³/mol. The summed E-state index contributed by atoms with van der Waals surface area (Å²) in [5.41, 5.74) is 10.3. The van der Waals surface area contributed by atoms with Crippen LogP contribution < -0.4 is 5.73 Å². The fourth-order valence-corrected chi connectivity index (χ4v) is 4.50. The normalized spacial score (nSPS) is 19.9. The summed E-state index contributed by atoms with van der Waals surface area (Å²) in [6, 6.07) is 4.07. The second-order valence-corrected chi connectivity index (χ2v) is 7.92. The minimum Gasteiger partial charge on any atom is -0.382 e. The largest absolute Gasteiger partial charge is 0.382 e. The van der Waals surface area contributed by atoms with Gasteiger partial charge >= 0.3 is 0 Å². The lowest BCUT2D eigenvalue weighted by Crippen LogP contribution is -2.25. The quantitative estimate of drug-likeness (QED) is 0.614. The summed E-state index contributed by atoms with van der Waals surface area (Å²) in [6.45, 7) is 1.26. The third-order valence-electron chi connectivity index (χ3n) is 5.30. The Kier molecular flexibility index (Phi) is 5.70. The number of hydrogen-bond acceptors (Lipinski definition) is 6. The van der Waals surface area contributed by atoms with E-state index in [1.165, 1.54) is 11.3 Å². The molecule has 2 N–H and O–H groups in total. The monoisotopic (exact) mass is 400 g/mol. The Bertz CT molecular complexity index is 946. The maximum absolute atomic E-state index is 12.2. The van der Waals surface area contributed by atoms with Crippen molar-refractivity contribution in [1.29, 1.82) is 0 Å². The van der Waals surface area contributed by atoms with Gasteiger partial charge in [0.15, 0.2) is 0 Å². The first kappa shape index (κ1) is 19.0. The molecule has 3 heterocycles. The molecule has 0 unspecified atom stereocenters. The molecule has 28 heavy (non-hydrogen) atoms. The van der Waals surface area contributed by atoms with E-state index in [-0.39, 0.29) is 6.10 Å². The zero-order chi connectivity index (χ0) is 19.5. The van der Waals surface area contributed by atoms with E-state index in [4.69, 9.17) is 20.2 Å². The van der Waals surface area contributed by atoms with E-state index in [0.29, 0.717) is 24.8 Å². The summed E-state index contributed by atoms with van der Waals surface area (Å²) in [5, 5.41) is 0. The van der Waals surface area contributed by atoms with E-state index in [1.807, 2.05) is 12.3 Å². The molecule has 8 heteroatoms. The van der Waals surface area contributed by atoms with Crippen molar-refractivity contribution in [3.05, 3.63) is 35.6 Å². The Hall–Kier alpha value is -2.29. The van der Waals surface area contributed by atoms with Crippen LogP contribution in [0.2, 0.25) is 0 Å². The molecule has 148 valence electrons. The van der Waals surface area contributed by atoms with Crippen molar-refractivity contribution in [2.45, 2.75) is 37.8 Å². The molecule has 0 aliphatic heterocycles. The topological polar surface area (TPSA) is 92.3 Å². The van der Waals surface area contributed by atoms with Crippen LogP contribution in [0.15, 0.2) is 30.0 Å². The van der Waals surface area contributed by atoms with Crippen molar-refractivity contribution < 1.29 is 14.3 Å². The number of pyridine rings is 1. The zero-order valence-electron chi connectivity index (χ0n) is 15.8. The van der Waals surface area contributed by atoms with Crippen molar-refractivity contribution in [2.75, 3.05) is 20.3 Å². The molecule has 0 spiro atoms. The van der Waals surface area contributed by atoms with Gasteiger partial charge in [-0.1, -0.05) is 0 Å². The highest BCUT2D eigenvalue weighted by Gasteiger charge is 2.25. The van der Waals surface area contributed by atoms with E-state index in [0.717, 1.165) is 47.3 Å². The first-order valence-electron chi connectivity index (χ1n) is 9.48. The predicted octanol–water partition coefficient (Wildman–Crippen LogP) is 3.41. The van der Waals surface area contributed by atoms with Gasteiger partial charge in [-0.15, -0.1) is 11.3 Å². The van der Waals surface area contributed by atoms with Gasteiger partial charge in [-0.2, -0.15) is 0 Å². The SMILES string of the molecule is COCCOC1CCC(n2ccc3nc(-c4cncs4)cc(C(N)=O)c32)CC1. The highest BCUT2D eigenvalue weighted by Crippen LogP contribution is 2.35. The number of methoxy groups -OCH3 is 1. The van der Waals surface area contributed by atoms with Crippen molar-refractivity contribution in [1.82, 2.24) is 14.5 Å². The first-order valence-corrected chi connectivity index (χ1v) is 10.4. The van der Waals surface area contributed by atoms with Crippen molar-refractivity contribution in [3.63, 3.8) is 0 Å². The second kappa shape index (κ2) is 8.38. The lowest BCUT2D eigenvalue weighted by molar-refractivity contribution is -0.00619.